The summed E-state index contributed by atoms with van der Waals surface area (Å²) < 4.78 is 0. The smallest absolute Gasteiger partial charge is 0.305 e. The third-order valence-electron chi connectivity index (χ3n) is 3.81. The van der Waals surface area contributed by atoms with Crippen LogP contribution in [0.4, 0.5) is 0 Å². The van der Waals surface area contributed by atoms with Gasteiger partial charge in [0.25, 0.3) is 0 Å². The second-order valence-corrected chi connectivity index (χ2v) is 7.25. The molecular formula is C15H28N2O3. The fraction of sp³-hybridized carbons (Fsp3) is 0.867. The van der Waals surface area contributed by atoms with Gasteiger partial charge >= 0.3 is 5.97 Å². The van der Waals surface area contributed by atoms with E-state index >= 15 is 0 Å². The molecule has 0 spiro atoms. The first-order valence-electron chi connectivity index (χ1n) is 7.44. The van der Waals surface area contributed by atoms with Gasteiger partial charge in [0.1, 0.15) is 0 Å². The standard InChI is InChI=1S/C15H28N2O3/c1-14(2,3)10-11(9-12(18)19)17-13(20)15(16)7-5-4-6-8-15/h11H,4-10,16H2,1-3H3,(H,17,20)(H,18,19). The molecule has 1 amide bonds. The molecule has 116 valence electrons. The van der Waals surface area contributed by atoms with E-state index in [1.807, 2.05) is 20.8 Å². The quantitative estimate of drug-likeness (QED) is 0.720. The minimum absolute atomic E-state index is 0.0400. The molecule has 1 unspecified atom stereocenters. The molecule has 0 bridgehead atoms. The van der Waals surface area contributed by atoms with E-state index in [1.165, 1.54) is 0 Å². The molecule has 1 saturated carbocycles. The normalized spacial score (nSPS) is 20.2. The van der Waals surface area contributed by atoms with Crippen molar-refractivity contribution in [1.82, 2.24) is 5.32 Å². The Morgan fingerprint density at radius 1 is 1.25 bits per heavy atom. The average Bonchev–Trinajstić information content (AvgIpc) is 2.26. The Morgan fingerprint density at radius 3 is 2.25 bits per heavy atom. The van der Waals surface area contributed by atoms with Crippen molar-refractivity contribution < 1.29 is 14.7 Å². The third kappa shape index (κ3) is 5.49. The number of carbonyl (C=O) groups is 2. The van der Waals surface area contributed by atoms with E-state index in [-0.39, 0.29) is 23.8 Å². The summed E-state index contributed by atoms with van der Waals surface area (Å²) in [6, 6.07) is -0.359. The fourth-order valence-corrected chi connectivity index (χ4v) is 2.86. The van der Waals surface area contributed by atoms with Crippen molar-refractivity contribution >= 4 is 11.9 Å². The van der Waals surface area contributed by atoms with Crippen molar-refractivity contribution in [1.29, 1.82) is 0 Å². The van der Waals surface area contributed by atoms with Gasteiger partial charge in [0.15, 0.2) is 0 Å². The maximum atomic E-state index is 12.4. The van der Waals surface area contributed by atoms with Gasteiger partial charge in [0.05, 0.1) is 12.0 Å². The SMILES string of the molecule is CC(C)(C)CC(CC(=O)O)NC(=O)C1(N)CCCCC1. The number of hydrogen-bond donors (Lipinski definition) is 3. The second-order valence-electron chi connectivity index (χ2n) is 7.25. The van der Waals surface area contributed by atoms with Gasteiger partial charge in [-0.2, -0.15) is 0 Å². The lowest BCUT2D eigenvalue weighted by Crippen LogP contribution is -2.57. The highest BCUT2D eigenvalue weighted by Crippen LogP contribution is 2.27. The Labute approximate surface area is 121 Å². The van der Waals surface area contributed by atoms with Gasteiger partial charge < -0.3 is 16.2 Å². The molecule has 0 aliphatic heterocycles. The van der Waals surface area contributed by atoms with Crippen LogP contribution in [0.2, 0.25) is 0 Å². The second kappa shape index (κ2) is 6.57. The van der Waals surface area contributed by atoms with Crippen LogP contribution in [0.1, 0.15) is 65.7 Å². The van der Waals surface area contributed by atoms with E-state index in [1.54, 1.807) is 0 Å². The lowest BCUT2D eigenvalue weighted by Gasteiger charge is -2.34. The maximum absolute atomic E-state index is 12.4. The number of carboxylic acids is 1. The first-order chi connectivity index (χ1) is 9.12. The van der Waals surface area contributed by atoms with E-state index in [9.17, 15) is 9.59 Å². The molecule has 5 nitrogen and oxygen atoms in total. The zero-order chi connectivity index (χ0) is 15.4. The van der Waals surface area contributed by atoms with Gasteiger partial charge in [-0.25, -0.2) is 0 Å². The summed E-state index contributed by atoms with van der Waals surface area (Å²) in [7, 11) is 0. The van der Waals surface area contributed by atoms with Crippen LogP contribution in [-0.2, 0) is 9.59 Å². The van der Waals surface area contributed by atoms with E-state index in [0.29, 0.717) is 19.3 Å². The summed E-state index contributed by atoms with van der Waals surface area (Å²) in [6.45, 7) is 6.10. The summed E-state index contributed by atoms with van der Waals surface area (Å²) >= 11 is 0. The minimum atomic E-state index is -0.894. The monoisotopic (exact) mass is 284 g/mol. The molecule has 0 aromatic rings. The molecule has 0 radical (unpaired) electrons. The van der Waals surface area contributed by atoms with Crippen LogP contribution in [0.25, 0.3) is 0 Å². The van der Waals surface area contributed by atoms with Crippen molar-refractivity contribution in [2.45, 2.75) is 77.3 Å². The Hall–Kier alpha value is -1.10. The summed E-state index contributed by atoms with van der Waals surface area (Å²) in [5.41, 5.74) is 5.33. The number of amides is 1. The number of nitrogens with two attached hydrogens (primary N) is 1. The molecule has 5 heteroatoms. The number of nitrogens with one attached hydrogen (secondary N) is 1. The van der Waals surface area contributed by atoms with Gasteiger partial charge in [0, 0.05) is 6.04 Å². The van der Waals surface area contributed by atoms with E-state index in [2.05, 4.69) is 5.32 Å². The number of rotatable bonds is 5. The van der Waals surface area contributed by atoms with Crippen LogP contribution in [0.15, 0.2) is 0 Å². The van der Waals surface area contributed by atoms with Crippen molar-refractivity contribution in [2.24, 2.45) is 11.1 Å². The first kappa shape index (κ1) is 17.0. The Kier molecular flexibility index (Phi) is 5.57. The summed E-state index contributed by atoms with van der Waals surface area (Å²) in [6.07, 6.45) is 4.99. The van der Waals surface area contributed by atoms with Gasteiger partial charge in [-0.3, -0.25) is 9.59 Å². The van der Waals surface area contributed by atoms with Gasteiger partial charge in [0.2, 0.25) is 5.91 Å². The predicted molar refractivity (Wildman–Crippen MR) is 78.3 cm³/mol. The van der Waals surface area contributed by atoms with Gasteiger partial charge in [-0.1, -0.05) is 40.0 Å². The van der Waals surface area contributed by atoms with Crippen LogP contribution in [0, 0.1) is 5.41 Å². The van der Waals surface area contributed by atoms with E-state index in [0.717, 1.165) is 19.3 Å². The summed E-state index contributed by atoms with van der Waals surface area (Å²) in [4.78, 5) is 23.3. The van der Waals surface area contributed by atoms with Gasteiger partial charge in [-0.15, -0.1) is 0 Å². The number of aliphatic carboxylic acids is 1. The van der Waals surface area contributed by atoms with Crippen LogP contribution < -0.4 is 11.1 Å². The van der Waals surface area contributed by atoms with Crippen molar-refractivity contribution in [3.63, 3.8) is 0 Å². The van der Waals surface area contributed by atoms with Crippen molar-refractivity contribution in [3.05, 3.63) is 0 Å². The van der Waals surface area contributed by atoms with Crippen molar-refractivity contribution in [3.8, 4) is 0 Å². The predicted octanol–water partition coefficient (Wildman–Crippen LogP) is 2.04. The number of carbonyl (C=O) groups excluding carboxylic acids is 1. The topological polar surface area (TPSA) is 92.4 Å². The highest BCUT2D eigenvalue weighted by molar-refractivity contribution is 5.86. The highest BCUT2D eigenvalue weighted by Gasteiger charge is 2.37. The average molecular weight is 284 g/mol. The largest absolute Gasteiger partial charge is 0.481 e. The molecule has 1 aliphatic carbocycles. The van der Waals surface area contributed by atoms with Crippen LogP contribution in [-0.4, -0.2) is 28.6 Å². The van der Waals surface area contributed by atoms with E-state index < -0.39 is 11.5 Å². The van der Waals surface area contributed by atoms with Gasteiger partial charge in [-0.05, 0) is 24.7 Å². The van der Waals surface area contributed by atoms with Crippen LogP contribution in [0.3, 0.4) is 0 Å². The number of carboxylic acid groups (broad SMARTS) is 1. The lowest BCUT2D eigenvalue weighted by atomic mass is 9.81. The number of hydrogen-bond acceptors (Lipinski definition) is 3. The Balaban J connectivity index is 2.67. The molecule has 0 aromatic carbocycles. The fourth-order valence-electron chi connectivity index (χ4n) is 2.86. The van der Waals surface area contributed by atoms with Crippen LogP contribution in [0.5, 0.6) is 0 Å². The van der Waals surface area contributed by atoms with Crippen molar-refractivity contribution in [2.75, 3.05) is 0 Å². The molecule has 1 aliphatic rings. The molecule has 0 aromatic heterocycles. The van der Waals surface area contributed by atoms with Crippen LogP contribution >= 0.6 is 0 Å². The molecule has 1 fully saturated rings. The molecular weight excluding hydrogens is 256 g/mol. The summed E-state index contributed by atoms with van der Waals surface area (Å²) in [5.74, 6) is -1.08. The molecule has 1 atom stereocenters. The molecule has 1 rings (SSSR count). The third-order valence-corrected chi connectivity index (χ3v) is 3.81. The summed E-state index contributed by atoms with van der Waals surface area (Å²) in [5, 5.41) is 11.9. The molecule has 4 N–H and O–H groups in total. The first-order valence-corrected chi connectivity index (χ1v) is 7.44. The molecule has 20 heavy (non-hydrogen) atoms. The zero-order valence-electron chi connectivity index (χ0n) is 12.9. The Bertz CT molecular complexity index is 355. The lowest BCUT2D eigenvalue weighted by molar-refractivity contribution is -0.138. The minimum Gasteiger partial charge on any atom is -0.481 e. The molecule has 0 saturated heterocycles. The zero-order valence-corrected chi connectivity index (χ0v) is 12.9. The van der Waals surface area contributed by atoms with E-state index in [4.69, 9.17) is 10.8 Å². The maximum Gasteiger partial charge on any atom is 0.305 e. The highest BCUT2D eigenvalue weighted by atomic mass is 16.4. The Morgan fingerprint density at radius 2 is 1.80 bits per heavy atom. The molecule has 0 heterocycles.